The standard InChI is InChI=1S/C19H20N2O5/c22-17(12-24-18(23)14-5-4-10-20-14)21-13-6-7-15-16(11-13)26-19(25-15)8-2-1-3-9-19/h4-7,10-11,20H,1-3,8-9,12H2,(H,21,22). The molecule has 2 aromatic rings. The van der Waals surface area contributed by atoms with Gasteiger partial charge in [0.1, 0.15) is 5.69 Å². The second-order valence-electron chi connectivity index (χ2n) is 6.55. The van der Waals surface area contributed by atoms with E-state index in [1.165, 1.54) is 6.42 Å². The number of hydrogen-bond donors (Lipinski definition) is 2. The number of nitrogens with one attached hydrogen (secondary N) is 2. The fourth-order valence-corrected chi connectivity index (χ4v) is 3.33. The third-order valence-corrected chi connectivity index (χ3v) is 4.59. The number of aromatic amines is 1. The molecule has 0 unspecified atom stereocenters. The van der Waals surface area contributed by atoms with Gasteiger partial charge in [0.05, 0.1) is 0 Å². The zero-order valence-corrected chi connectivity index (χ0v) is 14.2. The van der Waals surface area contributed by atoms with E-state index in [2.05, 4.69) is 10.3 Å². The van der Waals surface area contributed by atoms with E-state index < -0.39 is 17.7 Å². The van der Waals surface area contributed by atoms with Crippen LogP contribution in [-0.4, -0.2) is 29.3 Å². The van der Waals surface area contributed by atoms with Crippen molar-refractivity contribution in [2.45, 2.75) is 37.9 Å². The summed E-state index contributed by atoms with van der Waals surface area (Å²) in [6.45, 7) is -0.365. The van der Waals surface area contributed by atoms with Gasteiger partial charge in [0.15, 0.2) is 18.1 Å². The Bertz CT molecular complexity index is 809. The third-order valence-electron chi connectivity index (χ3n) is 4.59. The summed E-state index contributed by atoms with van der Waals surface area (Å²) in [6.07, 6.45) is 6.74. The summed E-state index contributed by atoms with van der Waals surface area (Å²) in [5, 5.41) is 2.70. The Kier molecular flexibility index (Phi) is 4.28. The highest BCUT2D eigenvalue weighted by Crippen LogP contribution is 2.46. The number of fused-ring (bicyclic) bond motifs is 1. The van der Waals surface area contributed by atoms with Crippen LogP contribution in [0.25, 0.3) is 0 Å². The largest absolute Gasteiger partial charge is 0.451 e. The topological polar surface area (TPSA) is 89.7 Å². The number of carbonyl (C=O) groups is 2. The lowest BCUT2D eigenvalue weighted by Crippen LogP contribution is -2.40. The Balaban J connectivity index is 1.34. The van der Waals surface area contributed by atoms with E-state index in [1.807, 2.05) is 0 Å². The van der Waals surface area contributed by atoms with Crippen LogP contribution in [0.4, 0.5) is 5.69 Å². The molecule has 0 atom stereocenters. The zero-order valence-electron chi connectivity index (χ0n) is 14.2. The minimum Gasteiger partial charge on any atom is -0.451 e. The minimum absolute atomic E-state index is 0.304. The van der Waals surface area contributed by atoms with Crippen LogP contribution in [-0.2, 0) is 9.53 Å². The van der Waals surface area contributed by atoms with Crippen LogP contribution < -0.4 is 14.8 Å². The maximum atomic E-state index is 12.0. The molecular formula is C19H20N2O5. The molecule has 1 spiro atoms. The second-order valence-corrected chi connectivity index (χ2v) is 6.55. The van der Waals surface area contributed by atoms with Gasteiger partial charge in [-0.25, -0.2) is 4.79 Å². The van der Waals surface area contributed by atoms with Crippen molar-refractivity contribution in [3.63, 3.8) is 0 Å². The molecule has 0 bridgehead atoms. The van der Waals surface area contributed by atoms with E-state index in [4.69, 9.17) is 14.2 Å². The maximum Gasteiger partial charge on any atom is 0.355 e. The summed E-state index contributed by atoms with van der Waals surface area (Å²) < 4.78 is 17.0. The van der Waals surface area contributed by atoms with Crippen LogP contribution in [0.2, 0.25) is 0 Å². The summed E-state index contributed by atoms with van der Waals surface area (Å²) >= 11 is 0. The van der Waals surface area contributed by atoms with Crippen LogP contribution in [0.5, 0.6) is 11.5 Å². The van der Waals surface area contributed by atoms with Gasteiger partial charge >= 0.3 is 5.97 Å². The summed E-state index contributed by atoms with van der Waals surface area (Å²) in [4.78, 5) is 26.5. The molecule has 1 aromatic carbocycles. The number of esters is 1. The Morgan fingerprint density at radius 1 is 1.12 bits per heavy atom. The normalized spacial score (nSPS) is 17.1. The van der Waals surface area contributed by atoms with Gasteiger partial charge in [-0.2, -0.15) is 0 Å². The third kappa shape index (κ3) is 3.37. The van der Waals surface area contributed by atoms with Crippen LogP contribution in [0, 0.1) is 0 Å². The molecule has 1 aliphatic heterocycles. The lowest BCUT2D eigenvalue weighted by Gasteiger charge is -2.31. The lowest BCUT2D eigenvalue weighted by atomic mass is 9.94. The van der Waals surface area contributed by atoms with E-state index in [9.17, 15) is 9.59 Å². The maximum absolute atomic E-state index is 12.0. The smallest absolute Gasteiger partial charge is 0.355 e. The number of rotatable bonds is 4. The van der Waals surface area contributed by atoms with Gasteiger partial charge in [-0.05, 0) is 37.1 Å². The summed E-state index contributed by atoms with van der Waals surface area (Å²) in [6, 6.07) is 8.54. The van der Waals surface area contributed by atoms with E-state index in [0.29, 0.717) is 22.9 Å². The van der Waals surface area contributed by atoms with E-state index >= 15 is 0 Å². The molecule has 1 aromatic heterocycles. The average Bonchev–Trinajstić information content (AvgIpc) is 3.28. The highest BCUT2D eigenvalue weighted by atomic mass is 16.7. The Hall–Kier alpha value is -2.96. The highest BCUT2D eigenvalue weighted by Gasteiger charge is 2.42. The molecule has 2 heterocycles. The fourth-order valence-electron chi connectivity index (χ4n) is 3.33. The zero-order chi connectivity index (χ0) is 18.0. The van der Waals surface area contributed by atoms with Crippen LogP contribution in [0.15, 0.2) is 36.5 Å². The van der Waals surface area contributed by atoms with E-state index in [1.54, 1.807) is 36.5 Å². The molecule has 4 rings (SSSR count). The molecule has 1 saturated carbocycles. The number of aromatic nitrogens is 1. The second kappa shape index (κ2) is 6.74. The molecule has 2 N–H and O–H groups in total. The van der Waals surface area contributed by atoms with E-state index in [-0.39, 0.29) is 6.61 Å². The van der Waals surface area contributed by atoms with Crippen molar-refractivity contribution in [3.8, 4) is 11.5 Å². The number of carbonyl (C=O) groups excluding carboxylic acids is 2. The molecular weight excluding hydrogens is 336 g/mol. The molecule has 1 fully saturated rings. The van der Waals surface area contributed by atoms with Crippen molar-refractivity contribution in [2.75, 3.05) is 11.9 Å². The summed E-state index contributed by atoms with van der Waals surface area (Å²) in [5.41, 5.74) is 0.875. The number of hydrogen-bond acceptors (Lipinski definition) is 5. The molecule has 0 saturated heterocycles. The monoisotopic (exact) mass is 356 g/mol. The van der Waals surface area contributed by atoms with Crippen molar-refractivity contribution in [1.29, 1.82) is 0 Å². The molecule has 0 radical (unpaired) electrons. The van der Waals surface area contributed by atoms with Crippen LogP contribution in [0.3, 0.4) is 0 Å². The van der Waals surface area contributed by atoms with Gasteiger partial charge < -0.3 is 24.5 Å². The van der Waals surface area contributed by atoms with Crippen LogP contribution >= 0.6 is 0 Å². The summed E-state index contributed by atoms with van der Waals surface area (Å²) in [5.74, 6) is -0.211. The highest BCUT2D eigenvalue weighted by molar-refractivity contribution is 5.95. The number of anilines is 1. The predicted octanol–water partition coefficient (Wildman–Crippen LogP) is 3.24. The molecule has 1 aliphatic carbocycles. The Labute approximate surface area is 150 Å². The van der Waals surface area contributed by atoms with Gasteiger partial charge in [-0.1, -0.05) is 6.42 Å². The van der Waals surface area contributed by atoms with Crippen molar-refractivity contribution < 1.29 is 23.8 Å². The number of H-pyrrole nitrogens is 1. The van der Waals surface area contributed by atoms with E-state index in [0.717, 1.165) is 25.7 Å². The first-order chi connectivity index (χ1) is 12.6. The number of benzene rings is 1. The molecule has 1 amide bonds. The molecule has 7 nitrogen and oxygen atoms in total. The first kappa shape index (κ1) is 16.5. The SMILES string of the molecule is O=C(COC(=O)c1ccc[nH]1)Nc1ccc2c(c1)OC1(CCCCC1)O2. The van der Waals surface area contributed by atoms with Gasteiger partial charge in [0, 0.05) is 30.8 Å². The molecule has 7 heteroatoms. The van der Waals surface area contributed by atoms with Gasteiger partial charge in [0.2, 0.25) is 0 Å². The van der Waals surface area contributed by atoms with Crippen molar-refractivity contribution in [3.05, 3.63) is 42.2 Å². The van der Waals surface area contributed by atoms with Gasteiger partial charge in [0.25, 0.3) is 11.7 Å². The van der Waals surface area contributed by atoms with Crippen molar-refractivity contribution in [2.24, 2.45) is 0 Å². The lowest BCUT2D eigenvalue weighted by molar-refractivity contribution is -0.119. The summed E-state index contributed by atoms with van der Waals surface area (Å²) in [7, 11) is 0. The van der Waals surface area contributed by atoms with Crippen molar-refractivity contribution >= 4 is 17.6 Å². The fraction of sp³-hybridized carbons (Fsp3) is 0.368. The van der Waals surface area contributed by atoms with Gasteiger partial charge in [-0.15, -0.1) is 0 Å². The Morgan fingerprint density at radius 2 is 1.92 bits per heavy atom. The molecule has 2 aliphatic rings. The molecule has 26 heavy (non-hydrogen) atoms. The molecule has 136 valence electrons. The van der Waals surface area contributed by atoms with Gasteiger partial charge in [-0.3, -0.25) is 4.79 Å². The first-order valence-electron chi connectivity index (χ1n) is 8.76. The number of amides is 1. The quantitative estimate of drug-likeness (QED) is 0.821. The van der Waals surface area contributed by atoms with Crippen LogP contribution in [0.1, 0.15) is 42.6 Å². The first-order valence-corrected chi connectivity index (χ1v) is 8.76. The Morgan fingerprint density at radius 3 is 2.69 bits per heavy atom. The average molecular weight is 356 g/mol. The predicted molar refractivity (Wildman–Crippen MR) is 93.2 cm³/mol. The minimum atomic E-state index is -0.574. The van der Waals surface area contributed by atoms with Crippen molar-refractivity contribution in [1.82, 2.24) is 4.98 Å². The number of ether oxygens (including phenoxy) is 3.